The van der Waals surface area contributed by atoms with Gasteiger partial charge in [0.1, 0.15) is 0 Å². The third-order valence-electron chi connectivity index (χ3n) is 3.94. The van der Waals surface area contributed by atoms with Crippen molar-refractivity contribution in [2.24, 2.45) is 5.41 Å². The fourth-order valence-corrected chi connectivity index (χ4v) is 2.94. The zero-order chi connectivity index (χ0) is 13.1. The molecule has 17 heavy (non-hydrogen) atoms. The summed E-state index contributed by atoms with van der Waals surface area (Å²) < 4.78 is 24.3. The van der Waals surface area contributed by atoms with Gasteiger partial charge in [0.05, 0.1) is 6.26 Å². The lowest BCUT2D eigenvalue weighted by Crippen LogP contribution is -2.37. The molecule has 0 heterocycles. The van der Waals surface area contributed by atoms with Crippen LogP contribution in [0.15, 0.2) is 0 Å². The Balaban J connectivity index is 2.19. The van der Waals surface area contributed by atoms with E-state index >= 15 is 0 Å². The summed E-state index contributed by atoms with van der Waals surface area (Å²) in [5, 5.41) is 3.49. The van der Waals surface area contributed by atoms with Crippen molar-refractivity contribution in [1.29, 1.82) is 0 Å². The predicted molar refractivity (Wildman–Crippen MR) is 71.5 cm³/mol. The normalized spacial score (nSPS) is 20.5. The van der Waals surface area contributed by atoms with Crippen LogP contribution in [0, 0.1) is 5.41 Å². The summed E-state index contributed by atoms with van der Waals surface area (Å²) in [6.45, 7) is 8.48. The third kappa shape index (κ3) is 4.56. The minimum atomic E-state index is -3.03. The van der Waals surface area contributed by atoms with Gasteiger partial charge in [0.15, 0.2) is 0 Å². The van der Waals surface area contributed by atoms with E-state index in [9.17, 15) is 8.42 Å². The van der Waals surface area contributed by atoms with Crippen LogP contribution in [0.3, 0.4) is 0 Å². The average molecular weight is 262 g/mol. The Morgan fingerprint density at radius 3 is 2.41 bits per heavy atom. The topological polar surface area (TPSA) is 49.4 Å². The van der Waals surface area contributed by atoms with Crippen molar-refractivity contribution in [3.8, 4) is 0 Å². The van der Waals surface area contributed by atoms with Gasteiger partial charge in [0, 0.05) is 19.1 Å². The first-order chi connectivity index (χ1) is 7.79. The minimum absolute atomic E-state index is 0.487. The van der Waals surface area contributed by atoms with Gasteiger partial charge in [-0.15, -0.1) is 0 Å². The Hall–Kier alpha value is -0.130. The molecule has 1 atom stereocenters. The standard InChI is InChI=1S/C12H26N2O2S/c1-5-14(17(4,15)16)10-6-9-13-11(2)12(3)7-8-12/h11,13H,5-10H2,1-4H3. The second-order valence-corrected chi connectivity index (χ2v) is 7.42. The first-order valence-electron chi connectivity index (χ1n) is 6.48. The molecule has 1 saturated carbocycles. The molecule has 0 saturated heterocycles. The summed E-state index contributed by atoms with van der Waals surface area (Å²) in [5.41, 5.74) is 0.487. The van der Waals surface area contributed by atoms with E-state index < -0.39 is 10.0 Å². The van der Waals surface area contributed by atoms with Gasteiger partial charge in [0.25, 0.3) is 0 Å². The van der Waals surface area contributed by atoms with E-state index in [4.69, 9.17) is 0 Å². The SMILES string of the molecule is CCN(CCCNC(C)C1(C)CC1)S(C)(=O)=O. The molecule has 0 bridgehead atoms. The molecule has 0 spiro atoms. The lowest BCUT2D eigenvalue weighted by Gasteiger charge is -2.22. The number of rotatable bonds is 8. The van der Waals surface area contributed by atoms with Crippen LogP contribution in [0.1, 0.15) is 40.0 Å². The third-order valence-corrected chi connectivity index (χ3v) is 5.32. The highest BCUT2D eigenvalue weighted by molar-refractivity contribution is 7.88. The quantitative estimate of drug-likeness (QED) is 0.673. The Labute approximate surface area is 106 Å². The molecule has 102 valence electrons. The van der Waals surface area contributed by atoms with Crippen LogP contribution in [0.5, 0.6) is 0 Å². The van der Waals surface area contributed by atoms with Gasteiger partial charge in [0.2, 0.25) is 10.0 Å². The van der Waals surface area contributed by atoms with Crippen molar-refractivity contribution < 1.29 is 8.42 Å². The average Bonchev–Trinajstić information content (AvgIpc) is 2.95. The molecule has 0 radical (unpaired) electrons. The van der Waals surface area contributed by atoms with Crippen LogP contribution < -0.4 is 5.32 Å². The summed E-state index contributed by atoms with van der Waals surface area (Å²) in [6, 6.07) is 0.538. The van der Waals surface area contributed by atoms with Crippen LogP contribution in [0.25, 0.3) is 0 Å². The molecule has 1 unspecified atom stereocenters. The number of hydrogen-bond donors (Lipinski definition) is 1. The number of sulfonamides is 1. The summed E-state index contributed by atoms with van der Waals surface area (Å²) in [4.78, 5) is 0. The monoisotopic (exact) mass is 262 g/mol. The first kappa shape index (κ1) is 14.9. The minimum Gasteiger partial charge on any atom is -0.314 e. The summed E-state index contributed by atoms with van der Waals surface area (Å²) in [5.74, 6) is 0. The van der Waals surface area contributed by atoms with Gasteiger partial charge >= 0.3 is 0 Å². The maximum absolute atomic E-state index is 11.4. The Bertz CT molecular complexity index is 336. The molecular formula is C12H26N2O2S. The van der Waals surface area contributed by atoms with Crippen LogP contribution in [-0.2, 0) is 10.0 Å². The van der Waals surface area contributed by atoms with E-state index in [1.807, 2.05) is 6.92 Å². The van der Waals surface area contributed by atoms with Crippen LogP contribution >= 0.6 is 0 Å². The highest BCUT2D eigenvalue weighted by Gasteiger charge is 2.41. The number of nitrogens with zero attached hydrogens (tertiary/aromatic N) is 1. The van der Waals surface area contributed by atoms with Gasteiger partial charge in [-0.2, -0.15) is 0 Å². The smallest absolute Gasteiger partial charge is 0.211 e. The van der Waals surface area contributed by atoms with E-state index in [2.05, 4.69) is 19.2 Å². The van der Waals surface area contributed by atoms with Crippen molar-refractivity contribution >= 4 is 10.0 Å². The molecule has 1 N–H and O–H groups in total. The molecule has 1 rings (SSSR count). The molecule has 0 amide bonds. The van der Waals surface area contributed by atoms with Crippen molar-refractivity contribution in [2.45, 2.75) is 46.1 Å². The Morgan fingerprint density at radius 2 is 2.00 bits per heavy atom. The van der Waals surface area contributed by atoms with Crippen LogP contribution in [0.2, 0.25) is 0 Å². The van der Waals surface area contributed by atoms with E-state index in [-0.39, 0.29) is 0 Å². The molecular weight excluding hydrogens is 236 g/mol. The van der Waals surface area contributed by atoms with Gasteiger partial charge in [-0.05, 0) is 38.1 Å². The Kier molecular flexibility index (Phi) is 4.98. The Morgan fingerprint density at radius 1 is 1.41 bits per heavy atom. The van der Waals surface area contributed by atoms with Crippen molar-refractivity contribution in [3.63, 3.8) is 0 Å². The first-order valence-corrected chi connectivity index (χ1v) is 8.33. The number of nitrogens with one attached hydrogen (secondary N) is 1. The van der Waals surface area contributed by atoms with E-state index in [1.165, 1.54) is 23.4 Å². The molecule has 1 aliphatic rings. The van der Waals surface area contributed by atoms with E-state index in [0.717, 1.165) is 13.0 Å². The summed E-state index contributed by atoms with van der Waals surface area (Å²) in [7, 11) is -3.03. The molecule has 0 aliphatic heterocycles. The van der Waals surface area contributed by atoms with Crippen molar-refractivity contribution in [1.82, 2.24) is 9.62 Å². The van der Waals surface area contributed by atoms with Gasteiger partial charge in [-0.25, -0.2) is 12.7 Å². The molecule has 4 nitrogen and oxygen atoms in total. The van der Waals surface area contributed by atoms with Gasteiger partial charge in [-0.3, -0.25) is 0 Å². The number of hydrogen-bond acceptors (Lipinski definition) is 3. The van der Waals surface area contributed by atoms with Crippen LogP contribution in [-0.4, -0.2) is 44.7 Å². The zero-order valence-electron chi connectivity index (χ0n) is 11.5. The lowest BCUT2D eigenvalue weighted by atomic mass is 10.0. The maximum Gasteiger partial charge on any atom is 0.211 e. The van der Waals surface area contributed by atoms with Gasteiger partial charge in [-0.1, -0.05) is 13.8 Å². The maximum atomic E-state index is 11.4. The van der Waals surface area contributed by atoms with Gasteiger partial charge < -0.3 is 5.32 Å². The second-order valence-electron chi connectivity index (χ2n) is 5.44. The fourth-order valence-electron chi connectivity index (χ4n) is 2.01. The summed E-state index contributed by atoms with van der Waals surface area (Å²) in [6.07, 6.45) is 4.77. The van der Waals surface area contributed by atoms with E-state index in [0.29, 0.717) is 24.5 Å². The molecule has 0 aromatic rings. The highest BCUT2D eigenvalue weighted by Crippen LogP contribution is 2.47. The van der Waals surface area contributed by atoms with E-state index in [1.54, 1.807) is 0 Å². The largest absolute Gasteiger partial charge is 0.314 e. The fraction of sp³-hybridized carbons (Fsp3) is 1.00. The predicted octanol–water partition coefficient (Wildman–Crippen LogP) is 1.44. The zero-order valence-corrected chi connectivity index (χ0v) is 12.3. The second kappa shape index (κ2) is 5.67. The lowest BCUT2D eigenvalue weighted by molar-refractivity contribution is 0.363. The molecule has 1 fully saturated rings. The highest BCUT2D eigenvalue weighted by atomic mass is 32.2. The molecule has 0 aromatic heterocycles. The molecule has 0 aromatic carbocycles. The molecule has 5 heteroatoms. The van der Waals surface area contributed by atoms with Crippen molar-refractivity contribution in [3.05, 3.63) is 0 Å². The van der Waals surface area contributed by atoms with Crippen LogP contribution in [0.4, 0.5) is 0 Å². The van der Waals surface area contributed by atoms with Crippen molar-refractivity contribution in [2.75, 3.05) is 25.9 Å². The molecule has 1 aliphatic carbocycles. The summed E-state index contributed by atoms with van der Waals surface area (Å²) >= 11 is 0.